The molecule has 1 heteroatoms. The predicted octanol–water partition coefficient (Wildman–Crippen LogP) is 5.32. The maximum absolute atomic E-state index is 3.88. The molecule has 0 aliphatic carbocycles. The van der Waals surface area contributed by atoms with Crippen LogP contribution in [0.1, 0.15) is 7.43 Å². The lowest BCUT2D eigenvalue weighted by Crippen LogP contribution is -1.73. The molecule has 0 aliphatic heterocycles. The molecule has 0 N–H and O–H groups in total. The molecule has 0 bridgehead atoms. The number of hydrogen-bond acceptors (Lipinski definition) is 0. The monoisotopic (exact) mass is 260 g/mol. The summed E-state index contributed by atoms with van der Waals surface area (Å²) >= 11 is 0. The Morgan fingerprint density at radius 2 is 0.889 bits per heavy atom. The molecule has 0 heterocycles. The minimum Gasteiger partial charge on any atom is -0.121 e. The zero-order chi connectivity index (χ0) is 12.7. The van der Waals surface area contributed by atoms with E-state index >= 15 is 0 Å². The highest BCUT2D eigenvalue weighted by Gasteiger charge is 1.91. The van der Waals surface area contributed by atoms with Crippen molar-refractivity contribution in [2.75, 3.05) is 20.0 Å². The first kappa shape index (κ1) is 16.7. The van der Waals surface area contributed by atoms with Crippen LogP contribution in [0.25, 0.3) is 11.1 Å². The first-order valence-corrected chi connectivity index (χ1v) is 9.04. The fraction of sp³-hybridized carbons (Fsp3) is 0.235. The average molecular weight is 260 g/mol. The summed E-state index contributed by atoms with van der Waals surface area (Å²) in [6.07, 6.45) is 3.88. The van der Waals surface area contributed by atoms with Crippen molar-refractivity contribution < 1.29 is 0 Å². The highest BCUT2D eigenvalue weighted by molar-refractivity contribution is 7.71. The molecule has 0 atom stereocenters. The van der Waals surface area contributed by atoms with E-state index in [4.69, 9.17) is 0 Å². The fourth-order valence-corrected chi connectivity index (χ4v) is 1.26. The lowest BCUT2D eigenvalue weighted by Gasteiger charge is -1.98. The van der Waals surface area contributed by atoms with Crippen molar-refractivity contribution in [3.8, 4) is 11.1 Å². The number of rotatable bonds is 1. The Morgan fingerprint density at radius 1 is 0.667 bits per heavy atom. The van der Waals surface area contributed by atoms with Gasteiger partial charge in [-0.25, -0.2) is 0 Å². The highest BCUT2D eigenvalue weighted by Crippen LogP contribution is 2.27. The Morgan fingerprint density at radius 3 is 1.11 bits per heavy atom. The van der Waals surface area contributed by atoms with E-state index in [1.165, 1.54) is 11.1 Å². The van der Waals surface area contributed by atoms with Crippen LogP contribution in [0.3, 0.4) is 0 Å². The Bertz CT molecular complexity index is 420. The minimum absolute atomic E-state index is 0. The van der Waals surface area contributed by atoms with Crippen LogP contribution in [-0.4, -0.2) is 26.3 Å². The Hall–Kier alpha value is -1.26. The van der Waals surface area contributed by atoms with Crippen LogP contribution in [0.5, 0.6) is 0 Å². The van der Waals surface area contributed by atoms with Crippen LogP contribution in [0.2, 0.25) is 0 Å². The topological polar surface area (TPSA) is 0 Å². The molecule has 0 nitrogen and oxygen atoms in total. The van der Waals surface area contributed by atoms with Crippen LogP contribution < -0.4 is 0 Å². The second-order valence-electron chi connectivity index (χ2n) is 5.02. The van der Waals surface area contributed by atoms with E-state index in [-0.39, 0.29) is 7.43 Å². The first-order valence-electron chi connectivity index (χ1n) is 5.73. The summed E-state index contributed by atoms with van der Waals surface area (Å²) < 4.78 is 0. The second kappa shape index (κ2) is 7.95. The van der Waals surface area contributed by atoms with Gasteiger partial charge in [-0.1, -0.05) is 68.1 Å². The van der Waals surface area contributed by atoms with Gasteiger partial charge >= 0.3 is 0 Å². The molecule has 0 aromatic heterocycles. The van der Waals surface area contributed by atoms with Crippen LogP contribution in [-0.2, 0) is 0 Å². The molecule has 0 spiro atoms. The van der Waals surface area contributed by atoms with Crippen molar-refractivity contribution in [3.05, 3.63) is 60.7 Å². The standard InChI is InChI=1S/C12H10.C4H11P.CH4/c1-3-7-11(8-4-1)12-9-5-2-6-10-12;1-5(2,3)4;/h1-10H;1H2,2-4H3;1H4. The van der Waals surface area contributed by atoms with Crippen molar-refractivity contribution in [1.82, 2.24) is 0 Å². The van der Waals surface area contributed by atoms with Crippen molar-refractivity contribution in [2.45, 2.75) is 7.43 Å². The van der Waals surface area contributed by atoms with Crippen molar-refractivity contribution in [2.24, 2.45) is 0 Å². The lowest BCUT2D eigenvalue weighted by atomic mass is 10.1. The average Bonchev–Trinajstić information content (AvgIpc) is 2.29. The van der Waals surface area contributed by atoms with Gasteiger partial charge in [-0.2, -0.15) is 0 Å². The van der Waals surface area contributed by atoms with Gasteiger partial charge in [0.25, 0.3) is 0 Å². The summed E-state index contributed by atoms with van der Waals surface area (Å²) in [5.74, 6) is 0. The maximum Gasteiger partial charge on any atom is -0.0184 e. The quantitative estimate of drug-likeness (QED) is 0.609. The van der Waals surface area contributed by atoms with Crippen LogP contribution in [0.4, 0.5) is 0 Å². The van der Waals surface area contributed by atoms with Gasteiger partial charge in [-0.3, -0.25) is 0 Å². The summed E-state index contributed by atoms with van der Waals surface area (Å²) in [5, 5.41) is 0. The predicted molar refractivity (Wildman–Crippen MR) is 90.4 cm³/mol. The van der Waals surface area contributed by atoms with Gasteiger partial charge in [0.2, 0.25) is 0 Å². The molecule has 0 saturated heterocycles. The molecule has 0 saturated carbocycles. The lowest BCUT2D eigenvalue weighted by molar-refractivity contribution is 1.62. The molecule has 0 radical (unpaired) electrons. The molecule has 0 unspecified atom stereocenters. The summed E-state index contributed by atoms with van der Waals surface area (Å²) in [6.45, 7) is 5.92. The van der Waals surface area contributed by atoms with Gasteiger partial charge in [-0.15, -0.1) is 13.2 Å². The molecule has 98 valence electrons. The van der Waals surface area contributed by atoms with Crippen LogP contribution in [0.15, 0.2) is 60.7 Å². The third kappa shape index (κ3) is 7.92. The SMILES string of the molecule is C.C=P(C)(C)C.c1ccc(-c2ccccc2)cc1. The summed E-state index contributed by atoms with van der Waals surface area (Å²) in [4.78, 5) is 0. The van der Waals surface area contributed by atoms with Gasteiger partial charge in [-0.05, 0) is 31.1 Å². The Kier molecular flexibility index (Phi) is 7.39. The molecule has 2 aromatic rings. The first-order chi connectivity index (χ1) is 7.97. The van der Waals surface area contributed by atoms with Crippen LogP contribution in [0, 0.1) is 0 Å². The zero-order valence-corrected chi connectivity index (χ0v) is 11.8. The molecule has 2 rings (SSSR count). The minimum atomic E-state index is -0.639. The summed E-state index contributed by atoms with van der Waals surface area (Å²) in [5.41, 5.74) is 2.55. The third-order valence-corrected chi connectivity index (χ3v) is 1.88. The third-order valence-electron chi connectivity index (χ3n) is 1.88. The van der Waals surface area contributed by atoms with Gasteiger partial charge < -0.3 is 0 Å². The normalized spacial score (nSPS) is 9.72. The molecule has 0 aliphatic rings. The van der Waals surface area contributed by atoms with Crippen LogP contribution >= 0.6 is 6.89 Å². The van der Waals surface area contributed by atoms with Gasteiger partial charge in [0, 0.05) is 0 Å². The molecule has 0 amide bonds. The van der Waals surface area contributed by atoms with E-state index < -0.39 is 6.89 Å². The second-order valence-corrected chi connectivity index (χ2v) is 9.60. The van der Waals surface area contributed by atoms with E-state index in [0.717, 1.165) is 0 Å². The highest BCUT2D eigenvalue weighted by atomic mass is 31.2. The molecule has 0 fully saturated rings. The fourth-order valence-electron chi connectivity index (χ4n) is 1.26. The smallest absolute Gasteiger partial charge is 0.0184 e. The largest absolute Gasteiger partial charge is 0.121 e. The van der Waals surface area contributed by atoms with Gasteiger partial charge in [0.05, 0.1) is 0 Å². The number of benzene rings is 2. The van der Waals surface area contributed by atoms with Gasteiger partial charge in [0.1, 0.15) is 0 Å². The van der Waals surface area contributed by atoms with E-state index in [1.807, 2.05) is 12.1 Å². The molecular weight excluding hydrogens is 235 g/mol. The molecular formula is C17H25P. The van der Waals surface area contributed by atoms with Crippen molar-refractivity contribution in [3.63, 3.8) is 0 Å². The van der Waals surface area contributed by atoms with Crippen molar-refractivity contribution in [1.29, 1.82) is 0 Å². The van der Waals surface area contributed by atoms with E-state index in [0.29, 0.717) is 0 Å². The zero-order valence-electron chi connectivity index (χ0n) is 10.9. The van der Waals surface area contributed by atoms with E-state index in [2.05, 4.69) is 74.8 Å². The number of hydrogen-bond donors (Lipinski definition) is 0. The molecule has 18 heavy (non-hydrogen) atoms. The van der Waals surface area contributed by atoms with Gasteiger partial charge in [0.15, 0.2) is 0 Å². The summed E-state index contributed by atoms with van der Waals surface area (Å²) in [7, 11) is 0. The Balaban J connectivity index is 0.000000421. The Labute approximate surface area is 113 Å². The van der Waals surface area contributed by atoms with Crippen molar-refractivity contribution >= 4 is 13.2 Å². The van der Waals surface area contributed by atoms with E-state index in [9.17, 15) is 0 Å². The molecule has 2 aromatic carbocycles. The summed E-state index contributed by atoms with van der Waals surface area (Å²) in [6, 6.07) is 20.8. The maximum atomic E-state index is 3.88. The van der Waals surface area contributed by atoms with E-state index in [1.54, 1.807) is 0 Å².